The Morgan fingerprint density at radius 3 is 2.50 bits per heavy atom. The Balaban J connectivity index is 0.00000162. The van der Waals surface area contributed by atoms with E-state index < -0.39 is 0 Å². The van der Waals surface area contributed by atoms with Crippen molar-refractivity contribution in [2.24, 2.45) is 5.92 Å². The van der Waals surface area contributed by atoms with Gasteiger partial charge in [-0.25, -0.2) is 0 Å². The number of hydrogen-bond acceptors (Lipinski definition) is 3. The topological polar surface area (TPSA) is 35.6 Å². The molecule has 2 saturated heterocycles. The lowest BCUT2D eigenvalue weighted by Gasteiger charge is -2.38. The second-order valence-electron chi connectivity index (χ2n) is 5.57. The molecule has 4 nitrogen and oxygen atoms in total. The third kappa shape index (κ3) is 3.84. The summed E-state index contributed by atoms with van der Waals surface area (Å²) in [6, 6.07) is 0.550. The summed E-state index contributed by atoms with van der Waals surface area (Å²) in [4.78, 5) is 16.8. The van der Waals surface area contributed by atoms with Gasteiger partial charge in [0, 0.05) is 25.0 Å². The second kappa shape index (κ2) is 7.31. The molecule has 0 aliphatic carbocycles. The summed E-state index contributed by atoms with van der Waals surface area (Å²) in [6.07, 6.45) is 4.41. The Kier molecular flexibility index (Phi) is 6.39. The first-order chi connectivity index (χ1) is 8.18. The van der Waals surface area contributed by atoms with Gasteiger partial charge >= 0.3 is 0 Å². The van der Waals surface area contributed by atoms with Crippen LogP contribution in [0.2, 0.25) is 0 Å². The molecule has 0 aromatic heterocycles. The molecular weight excluding hydrogens is 250 g/mol. The van der Waals surface area contributed by atoms with Crippen LogP contribution in [0.1, 0.15) is 25.7 Å². The maximum Gasteiger partial charge on any atom is 0.225 e. The maximum atomic E-state index is 12.4. The van der Waals surface area contributed by atoms with E-state index in [1.807, 2.05) is 0 Å². The van der Waals surface area contributed by atoms with Crippen LogP contribution in [0.15, 0.2) is 0 Å². The van der Waals surface area contributed by atoms with Gasteiger partial charge in [-0.2, -0.15) is 0 Å². The van der Waals surface area contributed by atoms with Gasteiger partial charge in [-0.1, -0.05) is 0 Å². The van der Waals surface area contributed by atoms with Gasteiger partial charge in [0.05, 0.1) is 0 Å². The van der Waals surface area contributed by atoms with Crippen molar-refractivity contribution in [3.63, 3.8) is 0 Å². The molecule has 1 atom stereocenters. The number of halogens is 1. The molecule has 18 heavy (non-hydrogen) atoms. The van der Waals surface area contributed by atoms with Crippen molar-refractivity contribution >= 4 is 18.3 Å². The first-order valence-corrected chi connectivity index (χ1v) is 6.84. The number of piperidine rings is 2. The molecule has 106 valence electrons. The fourth-order valence-corrected chi connectivity index (χ4v) is 2.90. The zero-order chi connectivity index (χ0) is 12.3. The second-order valence-corrected chi connectivity index (χ2v) is 5.57. The molecule has 2 fully saturated rings. The molecule has 2 rings (SSSR count). The van der Waals surface area contributed by atoms with Crippen molar-refractivity contribution in [1.29, 1.82) is 0 Å². The quantitative estimate of drug-likeness (QED) is 0.816. The zero-order valence-corrected chi connectivity index (χ0v) is 12.3. The maximum absolute atomic E-state index is 12.4. The van der Waals surface area contributed by atoms with E-state index in [0.717, 1.165) is 45.4 Å². The molecule has 0 aromatic rings. The predicted molar refractivity (Wildman–Crippen MR) is 76.1 cm³/mol. The van der Waals surface area contributed by atoms with Gasteiger partial charge < -0.3 is 15.1 Å². The van der Waals surface area contributed by atoms with Crippen molar-refractivity contribution in [3.8, 4) is 0 Å². The van der Waals surface area contributed by atoms with Crippen molar-refractivity contribution < 1.29 is 4.79 Å². The van der Waals surface area contributed by atoms with E-state index in [-0.39, 0.29) is 18.3 Å². The normalized spacial score (nSPS) is 25.9. The molecule has 1 unspecified atom stereocenters. The standard InChI is InChI=1S/C13H25N3O.ClH/c1-15(2)12-4-3-9-16(10-12)13(17)11-5-7-14-8-6-11;/h11-12,14H,3-10H2,1-2H3;1H. The van der Waals surface area contributed by atoms with E-state index in [0.29, 0.717) is 11.9 Å². The van der Waals surface area contributed by atoms with Crippen molar-refractivity contribution in [1.82, 2.24) is 15.1 Å². The third-order valence-electron chi connectivity index (χ3n) is 4.13. The van der Waals surface area contributed by atoms with Crippen LogP contribution in [0.5, 0.6) is 0 Å². The zero-order valence-electron chi connectivity index (χ0n) is 11.5. The molecule has 0 aromatic carbocycles. The number of nitrogens with one attached hydrogen (secondary N) is 1. The number of hydrogen-bond donors (Lipinski definition) is 1. The number of amides is 1. The van der Waals surface area contributed by atoms with Crippen molar-refractivity contribution in [2.45, 2.75) is 31.7 Å². The Hall–Kier alpha value is -0.320. The van der Waals surface area contributed by atoms with Crippen LogP contribution in [0.25, 0.3) is 0 Å². The highest BCUT2D eigenvalue weighted by Crippen LogP contribution is 2.20. The highest BCUT2D eigenvalue weighted by molar-refractivity contribution is 5.85. The molecule has 2 heterocycles. The number of carbonyl (C=O) groups excluding carboxylic acids is 1. The van der Waals surface area contributed by atoms with Crippen molar-refractivity contribution in [3.05, 3.63) is 0 Å². The first-order valence-electron chi connectivity index (χ1n) is 6.84. The fourth-order valence-electron chi connectivity index (χ4n) is 2.90. The van der Waals surface area contributed by atoms with E-state index in [4.69, 9.17) is 0 Å². The largest absolute Gasteiger partial charge is 0.341 e. The van der Waals surface area contributed by atoms with Gasteiger partial charge in [-0.15, -0.1) is 12.4 Å². The lowest BCUT2D eigenvalue weighted by atomic mass is 9.94. The minimum atomic E-state index is 0. The van der Waals surface area contributed by atoms with Gasteiger partial charge in [0.15, 0.2) is 0 Å². The minimum absolute atomic E-state index is 0. The monoisotopic (exact) mass is 275 g/mol. The molecule has 5 heteroatoms. The molecule has 0 bridgehead atoms. The number of nitrogens with zero attached hydrogens (tertiary/aromatic N) is 2. The number of likely N-dealkylation sites (tertiary alicyclic amines) is 1. The van der Waals surface area contributed by atoms with Crippen LogP contribution in [0.4, 0.5) is 0 Å². The molecule has 0 radical (unpaired) electrons. The van der Waals surface area contributed by atoms with Gasteiger partial charge in [0.25, 0.3) is 0 Å². The van der Waals surface area contributed by atoms with Crippen LogP contribution in [0, 0.1) is 5.92 Å². The number of likely N-dealkylation sites (N-methyl/N-ethyl adjacent to an activating group) is 1. The summed E-state index contributed by atoms with van der Waals surface area (Å²) >= 11 is 0. The van der Waals surface area contributed by atoms with Gasteiger partial charge in [0.1, 0.15) is 0 Å². The van der Waals surface area contributed by atoms with Gasteiger partial charge in [0.2, 0.25) is 5.91 Å². The molecule has 1 N–H and O–H groups in total. The van der Waals surface area contributed by atoms with Crippen LogP contribution in [-0.4, -0.2) is 62.0 Å². The van der Waals surface area contributed by atoms with Crippen LogP contribution in [0.3, 0.4) is 0 Å². The SMILES string of the molecule is CN(C)C1CCCN(C(=O)C2CCNCC2)C1.Cl. The summed E-state index contributed by atoms with van der Waals surface area (Å²) in [5.41, 5.74) is 0. The van der Waals surface area contributed by atoms with E-state index in [2.05, 4.69) is 29.2 Å². The Morgan fingerprint density at radius 2 is 1.89 bits per heavy atom. The fraction of sp³-hybridized carbons (Fsp3) is 0.923. The first kappa shape index (κ1) is 15.7. The smallest absolute Gasteiger partial charge is 0.225 e. The van der Waals surface area contributed by atoms with E-state index >= 15 is 0 Å². The summed E-state index contributed by atoms with van der Waals surface area (Å²) < 4.78 is 0. The molecular formula is C13H26ClN3O. The Morgan fingerprint density at radius 1 is 1.22 bits per heavy atom. The third-order valence-corrected chi connectivity index (χ3v) is 4.13. The van der Waals surface area contributed by atoms with E-state index in [1.54, 1.807) is 0 Å². The Bertz CT molecular complexity index is 267. The molecule has 0 spiro atoms. The Labute approximate surface area is 116 Å². The average molecular weight is 276 g/mol. The summed E-state index contributed by atoms with van der Waals surface area (Å²) in [7, 11) is 4.23. The van der Waals surface area contributed by atoms with Crippen LogP contribution in [-0.2, 0) is 4.79 Å². The number of rotatable bonds is 2. The average Bonchev–Trinajstić information content (AvgIpc) is 2.39. The van der Waals surface area contributed by atoms with Gasteiger partial charge in [-0.05, 0) is 52.9 Å². The molecule has 2 aliphatic heterocycles. The summed E-state index contributed by atoms with van der Waals surface area (Å²) in [5.74, 6) is 0.676. The minimum Gasteiger partial charge on any atom is -0.341 e. The van der Waals surface area contributed by atoms with Gasteiger partial charge in [-0.3, -0.25) is 4.79 Å². The molecule has 1 amide bonds. The highest BCUT2D eigenvalue weighted by Gasteiger charge is 2.30. The van der Waals surface area contributed by atoms with Crippen LogP contribution < -0.4 is 5.32 Å². The van der Waals surface area contributed by atoms with E-state index in [1.165, 1.54) is 6.42 Å². The molecule has 0 saturated carbocycles. The van der Waals surface area contributed by atoms with Crippen LogP contribution >= 0.6 is 12.4 Å². The summed E-state index contributed by atoms with van der Waals surface area (Å²) in [6.45, 7) is 3.89. The lowest BCUT2D eigenvalue weighted by molar-refractivity contribution is -0.138. The summed E-state index contributed by atoms with van der Waals surface area (Å²) in [5, 5.41) is 3.32. The van der Waals surface area contributed by atoms with Crippen molar-refractivity contribution in [2.75, 3.05) is 40.3 Å². The number of carbonyl (C=O) groups is 1. The highest BCUT2D eigenvalue weighted by atomic mass is 35.5. The van der Waals surface area contributed by atoms with E-state index in [9.17, 15) is 4.79 Å². The molecule has 2 aliphatic rings. The predicted octanol–water partition coefficient (Wildman–Crippen LogP) is 0.960. The lowest BCUT2D eigenvalue weighted by Crippen LogP contribution is -2.50.